The molecule has 0 aliphatic carbocycles. The smallest absolute Gasteiger partial charge is 0.335 e. The number of allylic oxidation sites excluding steroid dienone is 2. The fourth-order valence-corrected chi connectivity index (χ4v) is 1.88. The van der Waals surface area contributed by atoms with E-state index in [4.69, 9.17) is 10.2 Å². The molecule has 2 aromatic carbocycles. The SMILES string of the molecule is O=C(O)c1cccc(C=CC=Cc2cccc(C(=O)O)c2)c1. The zero-order valence-corrected chi connectivity index (χ0v) is 11.6. The zero-order chi connectivity index (χ0) is 15.9. The van der Waals surface area contributed by atoms with Gasteiger partial charge in [-0.05, 0) is 35.4 Å². The Kier molecular flexibility index (Phi) is 4.88. The van der Waals surface area contributed by atoms with Gasteiger partial charge in [-0.3, -0.25) is 0 Å². The molecule has 0 spiro atoms. The highest BCUT2D eigenvalue weighted by Gasteiger charge is 2.01. The largest absolute Gasteiger partial charge is 0.478 e. The molecule has 0 radical (unpaired) electrons. The van der Waals surface area contributed by atoms with Gasteiger partial charge in [0.15, 0.2) is 0 Å². The number of hydrogen-bond donors (Lipinski definition) is 2. The Bertz CT molecular complexity index is 692. The van der Waals surface area contributed by atoms with Crippen LogP contribution in [0.2, 0.25) is 0 Å². The van der Waals surface area contributed by atoms with Crippen molar-refractivity contribution in [2.45, 2.75) is 0 Å². The lowest BCUT2D eigenvalue weighted by Crippen LogP contribution is -1.95. The average molecular weight is 294 g/mol. The van der Waals surface area contributed by atoms with Crippen molar-refractivity contribution in [2.24, 2.45) is 0 Å². The third-order valence-electron chi connectivity index (χ3n) is 2.96. The number of benzene rings is 2. The van der Waals surface area contributed by atoms with Crippen LogP contribution < -0.4 is 0 Å². The molecule has 110 valence electrons. The van der Waals surface area contributed by atoms with E-state index in [2.05, 4.69) is 0 Å². The van der Waals surface area contributed by atoms with Crippen LogP contribution in [0.15, 0.2) is 60.7 Å². The minimum Gasteiger partial charge on any atom is -0.478 e. The molecule has 0 unspecified atom stereocenters. The van der Waals surface area contributed by atoms with Crippen LogP contribution in [0.25, 0.3) is 12.2 Å². The van der Waals surface area contributed by atoms with Crippen molar-refractivity contribution in [2.75, 3.05) is 0 Å². The Labute approximate surface area is 127 Å². The summed E-state index contributed by atoms with van der Waals surface area (Å²) in [6.07, 6.45) is 7.11. The third-order valence-corrected chi connectivity index (χ3v) is 2.96. The van der Waals surface area contributed by atoms with Gasteiger partial charge in [0.1, 0.15) is 0 Å². The number of carbonyl (C=O) groups is 2. The number of carboxylic acid groups (broad SMARTS) is 2. The molecule has 0 saturated heterocycles. The van der Waals surface area contributed by atoms with Gasteiger partial charge in [0, 0.05) is 0 Å². The Morgan fingerprint density at radius 3 is 1.50 bits per heavy atom. The summed E-state index contributed by atoms with van der Waals surface area (Å²) < 4.78 is 0. The lowest BCUT2D eigenvalue weighted by molar-refractivity contribution is 0.0686. The van der Waals surface area contributed by atoms with Crippen molar-refractivity contribution < 1.29 is 19.8 Å². The second-order valence-corrected chi connectivity index (χ2v) is 4.58. The van der Waals surface area contributed by atoms with E-state index in [0.29, 0.717) is 0 Å². The highest BCUT2D eigenvalue weighted by molar-refractivity contribution is 5.89. The summed E-state index contributed by atoms with van der Waals surface area (Å²) >= 11 is 0. The summed E-state index contributed by atoms with van der Waals surface area (Å²) in [6, 6.07) is 13.2. The fraction of sp³-hybridized carbons (Fsp3) is 0. The number of carboxylic acids is 2. The molecular formula is C18H14O4. The van der Waals surface area contributed by atoms with E-state index in [-0.39, 0.29) is 11.1 Å². The summed E-state index contributed by atoms with van der Waals surface area (Å²) in [6.45, 7) is 0. The highest BCUT2D eigenvalue weighted by atomic mass is 16.4. The molecule has 0 heterocycles. The molecule has 0 atom stereocenters. The first-order valence-corrected chi connectivity index (χ1v) is 6.58. The Morgan fingerprint density at radius 1 is 0.727 bits per heavy atom. The standard InChI is InChI=1S/C18H14O4/c19-17(20)15-9-3-7-13(11-15)5-1-2-6-14-8-4-10-16(12-14)18(21)22/h1-12H,(H,19,20)(H,21,22). The quantitative estimate of drug-likeness (QED) is 0.822. The van der Waals surface area contributed by atoms with Gasteiger partial charge in [0.05, 0.1) is 11.1 Å². The molecule has 2 rings (SSSR count). The predicted molar refractivity (Wildman–Crippen MR) is 84.9 cm³/mol. The van der Waals surface area contributed by atoms with Crippen LogP contribution in [0, 0.1) is 0 Å². The van der Waals surface area contributed by atoms with Gasteiger partial charge in [0.25, 0.3) is 0 Å². The molecule has 2 N–H and O–H groups in total. The molecular weight excluding hydrogens is 280 g/mol. The van der Waals surface area contributed by atoms with Crippen molar-refractivity contribution in [3.8, 4) is 0 Å². The molecule has 0 amide bonds. The molecule has 4 heteroatoms. The van der Waals surface area contributed by atoms with Crippen LogP contribution in [-0.4, -0.2) is 22.2 Å². The lowest BCUT2D eigenvalue weighted by Gasteiger charge is -1.97. The Hall–Kier alpha value is -3.14. The van der Waals surface area contributed by atoms with E-state index in [1.165, 1.54) is 12.1 Å². The van der Waals surface area contributed by atoms with Crippen LogP contribution in [0.4, 0.5) is 0 Å². The van der Waals surface area contributed by atoms with Gasteiger partial charge in [-0.25, -0.2) is 9.59 Å². The zero-order valence-electron chi connectivity index (χ0n) is 11.6. The van der Waals surface area contributed by atoms with E-state index >= 15 is 0 Å². The summed E-state index contributed by atoms with van der Waals surface area (Å²) in [5, 5.41) is 17.8. The van der Waals surface area contributed by atoms with Crippen molar-refractivity contribution in [1.82, 2.24) is 0 Å². The van der Waals surface area contributed by atoms with Gasteiger partial charge in [0.2, 0.25) is 0 Å². The van der Waals surface area contributed by atoms with E-state index in [1.54, 1.807) is 48.6 Å². The monoisotopic (exact) mass is 294 g/mol. The second kappa shape index (κ2) is 7.04. The molecule has 0 aliphatic rings. The molecule has 0 fully saturated rings. The van der Waals surface area contributed by atoms with Crippen LogP contribution in [0.1, 0.15) is 31.8 Å². The maximum absolute atomic E-state index is 10.9. The summed E-state index contributed by atoms with van der Waals surface area (Å²) in [5.74, 6) is -1.92. The molecule has 0 aliphatic heterocycles. The second-order valence-electron chi connectivity index (χ2n) is 4.58. The normalized spacial score (nSPS) is 11.1. The van der Waals surface area contributed by atoms with Gasteiger partial charge >= 0.3 is 11.9 Å². The fourth-order valence-electron chi connectivity index (χ4n) is 1.88. The van der Waals surface area contributed by atoms with Crippen LogP contribution in [0.3, 0.4) is 0 Å². The molecule has 0 aromatic heterocycles. The minimum absolute atomic E-state index is 0.236. The Balaban J connectivity index is 2.09. The molecule has 0 bridgehead atoms. The van der Waals surface area contributed by atoms with Crippen molar-refractivity contribution in [1.29, 1.82) is 0 Å². The highest BCUT2D eigenvalue weighted by Crippen LogP contribution is 2.09. The van der Waals surface area contributed by atoms with Crippen molar-refractivity contribution in [3.05, 3.63) is 82.9 Å². The number of rotatable bonds is 5. The summed E-state index contributed by atoms with van der Waals surface area (Å²) in [5.41, 5.74) is 2.04. The topological polar surface area (TPSA) is 74.6 Å². The minimum atomic E-state index is -0.962. The third kappa shape index (κ3) is 4.18. The van der Waals surface area contributed by atoms with E-state index in [9.17, 15) is 9.59 Å². The van der Waals surface area contributed by atoms with Crippen molar-refractivity contribution in [3.63, 3.8) is 0 Å². The van der Waals surface area contributed by atoms with Crippen molar-refractivity contribution >= 4 is 24.1 Å². The van der Waals surface area contributed by atoms with Crippen LogP contribution >= 0.6 is 0 Å². The van der Waals surface area contributed by atoms with Crippen LogP contribution in [-0.2, 0) is 0 Å². The summed E-state index contributed by atoms with van der Waals surface area (Å²) in [7, 11) is 0. The van der Waals surface area contributed by atoms with Gasteiger partial charge in [-0.1, -0.05) is 48.6 Å². The Morgan fingerprint density at radius 2 is 1.14 bits per heavy atom. The first-order chi connectivity index (χ1) is 10.6. The average Bonchev–Trinajstić information content (AvgIpc) is 2.52. The molecule has 0 saturated carbocycles. The summed E-state index contributed by atoms with van der Waals surface area (Å²) in [4.78, 5) is 21.7. The first-order valence-electron chi connectivity index (χ1n) is 6.58. The van der Waals surface area contributed by atoms with Gasteiger partial charge in [-0.2, -0.15) is 0 Å². The van der Waals surface area contributed by atoms with Crippen LogP contribution in [0.5, 0.6) is 0 Å². The number of hydrogen-bond acceptors (Lipinski definition) is 2. The van der Waals surface area contributed by atoms with E-state index in [1.807, 2.05) is 12.1 Å². The lowest BCUT2D eigenvalue weighted by atomic mass is 10.1. The van der Waals surface area contributed by atoms with E-state index < -0.39 is 11.9 Å². The predicted octanol–water partition coefficient (Wildman–Crippen LogP) is 3.81. The molecule has 2 aromatic rings. The molecule has 22 heavy (non-hydrogen) atoms. The molecule has 4 nitrogen and oxygen atoms in total. The maximum Gasteiger partial charge on any atom is 0.335 e. The van der Waals surface area contributed by atoms with Gasteiger partial charge < -0.3 is 10.2 Å². The van der Waals surface area contributed by atoms with E-state index in [0.717, 1.165) is 11.1 Å². The number of aromatic carboxylic acids is 2. The first kappa shape index (κ1) is 15.3. The van der Waals surface area contributed by atoms with Gasteiger partial charge in [-0.15, -0.1) is 0 Å². The maximum atomic E-state index is 10.9.